The molecule has 1 saturated carbocycles. The van der Waals surface area contributed by atoms with Crippen LogP contribution >= 0.6 is 0 Å². The monoisotopic (exact) mass is 228 g/mol. The van der Waals surface area contributed by atoms with Crippen LogP contribution in [0, 0.1) is 18.3 Å². The molecule has 2 heteroatoms. The molecule has 2 nitrogen and oxygen atoms in total. The second-order valence-electron chi connectivity index (χ2n) is 4.86. The minimum absolute atomic E-state index is 0.634. The highest BCUT2D eigenvalue weighted by atomic mass is 15.2. The van der Waals surface area contributed by atoms with Gasteiger partial charge >= 0.3 is 0 Å². The Hall–Kier alpha value is -1.49. The lowest BCUT2D eigenvalue weighted by Crippen LogP contribution is -2.33. The Kier molecular flexibility index (Phi) is 3.68. The van der Waals surface area contributed by atoms with Crippen LogP contribution < -0.4 is 4.90 Å². The topological polar surface area (TPSA) is 27.0 Å². The third kappa shape index (κ3) is 2.44. The van der Waals surface area contributed by atoms with Crippen LogP contribution in [0.4, 0.5) is 5.69 Å². The molecule has 0 spiro atoms. The van der Waals surface area contributed by atoms with Crippen molar-refractivity contribution in [2.75, 3.05) is 11.4 Å². The van der Waals surface area contributed by atoms with E-state index in [0.29, 0.717) is 6.04 Å². The van der Waals surface area contributed by atoms with Gasteiger partial charge in [-0.2, -0.15) is 5.26 Å². The zero-order chi connectivity index (χ0) is 12.3. The van der Waals surface area contributed by atoms with Crippen LogP contribution in [0.15, 0.2) is 18.2 Å². The van der Waals surface area contributed by atoms with E-state index in [2.05, 4.69) is 30.0 Å². The first-order chi connectivity index (χ1) is 8.26. The molecule has 0 unspecified atom stereocenters. The lowest BCUT2D eigenvalue weighted by Gasteiger charge is -2.30. The van der Waals surface area contributed by atoms with E-state index in [0.717, 1.165) is 23.4 Å². The Morgan fingerprint density at radius 2 is 2.06 bits per heavy atom. The third-order valence-electron chi connectivity index (χ3n) is 3.69. The predicted molar refractivity (Wildman–Crippen MR) is 71.2 cm³/mol. The summed E-state index contributed by atoms with van der Waals surface area (Å²) in [5.74, 6) is 0. The van der Waals surface area contributed by atoms with Crippen LogP contribution in [0.5, 0.6) is 0 Å². The van der Waals surface area contributed by atoms with Gasteiger partial charge in [0.15, 0.2) is 0 Å². The summed E-state index contributed by atoms with van der Waals surface area (Å²) in [5, 5.41) is 9.25. The maximum absolute atomic E-state index is 9.25. The number of anilines is 1. The predicted octanol–water partition coefficient (Wildman–Crippen LogP) is 3.64. The molecule has 1 aromatic rings. The molecule has 0 radical (unpaired) electrons. The van der Waals surface area contributed by atoms with Crippen LogP contribution in [0.1, 0.15) is 43.7 Å². The van der Waals surface area contributed by atoms with Crippen molar-refractivity contribution in [2.24, 2.45) is 0 Å². The molecule has 0 amide bonds. The van der Waals surface area contributed by atoms with E-state index in [1.165, 1.54) is 25.7 Å². The van der Waals surface area contributed by atoms with Crippen LogP contribution in [-0.4, -0.2) is 12.6 Å². The first-order valence-electron chi connectivity index (χ1n) is 6.53. The average Bonchev–Trinajstić information content (AvgIpc) is 2.85. The fourth-order valence-corrected chi connectivity index (χ4v) is 2.83. The molecule has 17 heavy (non-hydrogen) atoms. The largest absolute Gasteiger partial charge is 0.368 e. The maximum atomic E-state index is 9.25. The van der Waals surface area contributed by atoms with Crippen molar-refractivity contribution in [1.29, 1.82) is 5.26 Å². The van der Waals surface area contributed by atoms with Gasteiger partial charge in [-0.3, -0.25) is 0 Å². The zero-order valence-corrected chi connectivity index (χ0v) is 10.7. The second-order valence-corrected chi connectivity index (χ2v) is 4.86. The molecule has 1 aliphatic rings. The molecule has 2 rings (SSSR count). The van der Waals surface area contributed by atoms with Gasteiger partial charge in [-0.05, 0) is 44.4 Å². The maximum Gasteiger partial charge on any atom is 0.101 e. The van der Waals surface area contributed by atoms with Gasteiger partial charge in [0.1, 0.15) is 6.07 Å². The van der Waals surface area contributed by atoms with Gasteiger partial charge in [0.2, 0.25) is 0 Å². The fraction of sp³-hybridized carbons (Fsp3) is 0.533. The van der Waals surface area contributed by atoms with Gasteiger partial charge in [-0.25, -0.2) is 0 Å². The highest BCUT2D eigenvalue weighted by molar-refractivity contribution is 5.61. The zero-order valence-electron chi connectivity index (χ0n) is 10.7. The Balaban J connectivity index is 2.33. The standard InChI is InChI=1S/C15H20N2/c1-3-17(14-6-4-5-7-14)15-9-8-12(2)10-13(15)11-16/h8-10,14H,3-7H2,1-2H3. The quantitative estimate of drug-likeness (QED) is 0.789. The van der Waals surface area contributed by atoms with Gasteiger partial charge in [-0.1, -0.05) is 18.9 Å². The molecule has 0 atom stereocenters. The molecule has 0 N–H and O–H groups in total. The van der Waals surface area contributed by atoms with Crippen molar-refractivity contribution < 1.29 is 0 Å². The number of nitrogens with zero attached hydrogens (tertiary/aromatic N) is 2. The van der Waals surface area contributed by atoms with Crippen molar-refractivity contribution in [2.45, 2.75) is 45.6 Å². The summed E-state index contributed by atoms with van der Waals surface area (Å²) in [6.07, 6.45) is 5.20. The van der Waals surface area contributed by atoms with Crippen LogP contribution in [0.25, 0.3) is 0 Å². The first kappa shape index (κ1) is 12.0. The van der Waals surface area contributed by atoms with E-state index in [1.807, 2.05) is 13.0 Å². The lowest BCUT2D eigenvalue weighted by atomic mass is 10.1. The van der Waals surface area contributed by atoms with Gasteiger partial charge in [-0.15, -0.1) is 0 Å². The van der Waals surface area contributed by atoms with E-state index in [4.69, 9.17) is 0 Å². The summed E-state index contributed by atoms with van der Waals surface area (Å²) in [7, 11) is 0. The fourth-order valence-electron chi connectivity index (χ4n) is 2.83. The minimum atomic E-state index is 0.634. The molecular weight excluding hydrogens is 208 g/mol. The smallest absolute Gasteiger partial charge is 0.101 e. The number of nitriles is 1. The summed E-state index contributed by atoms with van der Waals surface area (Å²) in [6, 6.07) is 9.17. The van der Waals surface area contributed by atoms with Gasteiger partial charge in [0.05, 0.1) is 11.3 Å². The second kappa shape index (κ2) is 5.23. The van der Waals surface area contributed by atoms with Crippen LogP contribution in [-0.2, 0) is 0 Å². The van der Waals surface area contributed by atoms with Crippen LogP contribution in [0.2, 0.25) is 0 Å². The Morgan fingerprint density at radius 1 is 1.35 bits per heavy atom. The number of benzene rings is 1. The average molecular weight is 228 g/mol. The molecule has 0 saturated heterocycles. The van der Waals surface area contributed by atoms with E-state index >= 15 is 0 Å². The van der Waals surface area contributed by atoms with Crippen molar-refractivity contribution in [1.82, 2.24) is 0 Å². The number of aryl methyl sites for hydroxylation is 1. The number of hydrogen-bond acceptors (Lipinski definition) is 2. The summed E-state index contributed by atoms with van der Waals surface area (Å²) in [5.41, 5.74) is 3.10. The highest BCUT2D eigenvalue weighted by Crippen LogP contribution is 2.30. The Morgan fingerprint density at radius 3 is 2.65 bits per heavy atom. The third-order valence-corrected chi connectivity index (χ3v) is 3.69. The molecule has 90 valence electrons. The highest BCUT2D eigenvalue weighted by Gasteiger charge is 2.23. The van der Waals surface area contributed by atoms with E-state index in [9.17, 15) is 5.26 Å². The molecular formula is C15H20N2. The molecule has 0 aliphatic heterocycles. The van der Waals surface area contributed by atoms with Crippen molar-refractivity contribution in [3.05, 3.63) is 29.3 Å². The molecule has 1 fully saturated rings. The molecule has 0 bridgehead atoms. The van der Waals surface area contributed by atoms with Gasteiger partial charge in [0.25, 0.3) is 0 Å². The van der Waals surface area contributed by atoms with E-state index in [-0.39, 0.29) is 0 Å². The van der Waals surface area contributed by atoms with Crippen molar-refractivity contribution in [3.8, 4) is 6.07 Å². The Labute approximate surface area is 104 Å². The molecule has 0 aromatic heterocycles. The summed E-state index contributed by atoms with van der Waals surface area (Å²) < 4.78 is 0. The van der Waals surface area contributed by atoms with Crippen LogP contribution in [0.3, 0.4) is 0 Å². The first-order valence-corrected chi connectivity index (χ1v) is 6.53. The van der Waals surface area contributed by atoms with E-state index in [1.54, 1.807) is 0 Å². The van der Waals surface area contributed by atoms with Crippen molar-refractivity contribution in [3.63, 3.8) is 0 Å². The van der Waals surface area contributed by atoms with E-state index < -0.39 is 0 Å². The SMILES string of the molecule is CCN(c1ccc(C)cc1C#N)C1CCCC1. The molecule has 0 heterocycles. The Bertz CT molecular complexity index is 425. The lowest BCUT2D eigenvalue weighted by molar-refractivity contribution is 0.619. The summed E-state index contributed by atoms with van der Waals surface area (Å²) in [4.78, 5) is 2.41. The molecule has 1 aromatic carbocycles. The summed E-state index contributed by atoms with van der Waals surface area (Å²) in [6.45, 7) is 5.21. The number of rotatable bonds is 3. The normalized spacial score (nSPS) is 15.8. The minimum Gasteiger partial charge on any atom is -0.368 e. The molecule has 1 aliphatic carbocycles. The number of hydrogen-bond donors (Lipinski definition) is 0. The van der Waals surface area contributed by atoms with Gasteiger partial charge < -0.3 is 4.90 Å². The van der Waals surface area contributed by atoms with Crippen molar-refractivity contribution >= 4 is 5.69 Å². The summed E-state index contributed by atoms with van der Waals surface area (Å²) >= 11 is 0. The van der Waals surface area contributed by atoms with Gasteiger partial charge in [0, 0.05) is 12.6 Å².